The van der Waals surface area contributed by atoms with Gasteiger partial charge in [-0.1, -0.05) is 25.1 Å². The van der Waals surface area contributed by atoms with Gasteiger partial charge < -0.3 is 4.74 Å². The first kappa shape index (κ1) is 19.5. The van der Waals surface area contributed by atoms with Crippen molar-refractivity contribution in [1.82, 2.24) is 4.98 Å². The summed E-state index contributed by atoms with van der Waals surface area (Å²) in [6.07, 6.45) is 0.807. The number of nitro groups is 1. The van der Waals surface area contributed by atoms with E-state index in [-0.39, 0.29) is 18.2 Å². The zero-order valence-electron chi connectivity index (χ0n) is 15.5. The Morgan fingerprint density at radius 3 is 2.57 bits per heavy atom. The number of thiazole rings is 1. The molecule has 2 aromatic carbocycles. The van der Waals surface area contributed by atoms with Crippen LogP contribution in [0.1, 0.15) is 25.1 Å². The highest BCUT2D eigenvalue weighted by molar-refractivity contribution is 7.14. The van der Waals surface area contributed by atoms with Crippen LogP contribution in [-0.2, 0) is 17.8 Å². The van der Waals surface area contributed by atoms with Crippen LogP contribution < -0.4 is 9.64 Å². The maximum Gasteiger partial charge on any atom is 0.269 e. The van der Waals surface area contributed by atoms with Crippen LogP contribution >= 0.6 is 11.3 Å². The first-order chi connectivity index (χ1) is 13.5. The molecule has 0 radical (unpaired) electrons. The summed E-state index contributed by atoms with van der Waals surface area (Å²) in [4.78, 5) is 28.7. The molecule has 8 heteroatoms. The van der Waals surface area contributed by atoms with Crippen LogP contribution in [0.4, 0.5) is 16.5 Å². The van der Waals surface area contributed by atoms with Crippen LogP contribution in [0.5, 0.6) is 5.75 Å². The van der Waals surface area contributed by atoms with Crippen molar-refractivity contribution in [2.45, 2.75) is 26.9 Å². The number of hydrogen-bond donors (Lipinski definition) is 0. The fourth-order valence-electron chi connectivity index (χ4n) is 2.72. The van der Waals surface area contributed by atoms with E-state index in [4.69, 9.17) is 4.74 Å². The topological polar surface area (TPSA) is 85.6 Å². The summed E-state index contributed by atoms with van der Waals surface area (Å²) >= 11 is 1.37. The maximum absolute atomic E-state index is 12.3. The molecule has 1 amide bonds. The normalized spacial score (nSPS) is 10.5. The van der Waals surface area contributed by atoms with Gasteiger partial charge >= 0.3 is 0 Å². The number of carbonyl (C=O) groups is 1. The molecule has 0 unspecified atom stereocenters. The Morgan fingerprint density at radius 1 is 1.21 bits per heavy atom. The Morgan fingerprint density at radius 2 is 1.93 bits per heavy atom. The number of non-ortho nitro benzene ring substituents is 1. The molecule has 0 saturated heterocycles. The highest BCUT2D eigenvalue weighted by Gasteiger charge is 2.20. The van der Waals surface area contributed by atoms with E-state index in [1.54, 1.807) is 17.0 Å². The number of carbonyl (C=O) groups excluding carboxylic acids is 1. The lowest BCUT2D eigenvalue weighted by Gasteiger charge is -2.20. The Balaban J connectivity index is 1.76. The molecule has 144 valence electrons. The highest BCUT2D eigenvalue weighted by atomic mass is 32.1. The zero-order valence-corrected chi connectivity index (χ0v) is 16.3. The number of ether oxygens (including phenoxy) is 1. The average Bonchev–Trinajstić information content (AvgIpc) is 3.15. The third-order valence-corrected chi connectivity index (χ3v) is 4.97. The Hall–Kier alpha value is -3.26. The summed E-state index contributed by atoms with van der Waals surface area (Å²) in [6, 6.07) is 13.6. The molecule has 0 aliphatic carbocycles. The van der Waals surface area contributed by atoms with Crippen LogP contribution in [0.3, 0.4) is 0 Å². The molecular weight excluding hydrogens is 378 g/mol. The number of para-hydroxylation sites is 1. The number of hydrogen-bond acceptors (Lipinski definition) is 6. The van der Waals surface area contributed by atoms with Gasteiger partial charge in [0.05, 0.1) is 16.3 Å². The van der Waals surface area contributed by atoms with Crippen molar-refractivity contribution in [1.29, 1.82) is 0 Å². The minimum atomic E-state index is -0.457. The van der Waals surface area contributed by atoms with Crippen molar-refractivity contribution in [2.24, 2.45) is 0 Å². The van der Waals surface area contributed by atoms with E-state index in [1.165, 1.54) is 30.4 Å². The van der Waals surface area contributed by atoms with Crippen molar-refractivity contribution < 1.29 is 14.5 Å². The standard InChI is InChI=1S/C20H19N3O4S/c1-3-15-6-4-5-7-19(15)22(14(2)24)20-21-16(13-28-20)12-27-18-10-8-17(9-11-18)23(25)26/h4-11,13H,3,12H2,1-2H3. The van der Waals surface area contributed by atoms with Crippen LogP contribution in [0, 0.1) is 10.1 Å². The molecule has 0 fully saturated rings. The number of aromatic nitrogens is 1. The minimum Gasteiger partial charge on any atom is -0.487 e. The molecule has 0 bridgehead atoms. The maximum atomic E-state index is 12.3. The molecule has 0 spiro atoms. The summed E-state index contributed by atoms with van der Waals surface area (Å²) in [7, 11) is 0. The lowest BCUT2D eigenvalue weighted by Crippen LogP contribution is -2.23. The summed E-state index contributed by atoms with van der Waals surface area (Å²) in [5.41, 5.74) is 2.58. The second-order valence-corrected chi connectivity index (χ2v) is 6.83. The second kappa shape index (κ2) is 8.62. The lowest BCUT2D eigenvalue weighted by atomic mass is 10.1. The van der Waals surface area contributed by atoms with Crippen molar-refractivity contribution in [2.75, 3.05) is 4.90 Å². The third kappa shape index (κ3) is 4.34. The van der Waals surface area contributed by atoms with Crippen LogP contribution in [-0.4, -0.2) is 15.8 Å². The number of benzene rings is 2. The summed E-state index contributed by atoms with van der Waals surface area (Å²) in [6.45, 7) is 3.76. The van der Waals surface area contributed by atoms with Crippen LogP contribution in [0.2, 0.25) is 0 Å². The molecule has 0 N–H and O–H groups in total. The van der Waals surface area contributed by atoms with Gasteiger partial charge in [0.1, 0.15) is 12.4 Å². The fourth-order valence-corrected chi connectivity index (χ4v) is 3.59. The van der Waals surface area contributed by atoms with Gasteiger partial charge in [0.15, 0.2) is 5.13 Å². The Kier molecular flexibility index (Phi) is 6.00. The van der Waals surface area contributed by atoms with Gasteiger partial charge in [-0.25, -0.2) is 4.98 Å². The fraction of sp³-hybridized carbons (Fsp3) is 0.200. The molecule has 0 atom stereocenters. The lowest BCUT2D eigenvalue weighted by molar-refractivity contribution is -0.384. The molecule has 3 aromatic rings. The minimum absolute atomic E-state index is 0.00924. The van der Waals surface area contributed by atoms with Gasteiger partial charge in [0.2, 0.25) is 5.91 Å². The van der Waals surface area contributed by atoms with E-state index in [2.05, 4.69) is 4.98 Å². The quantitative estimate of drug-likeness (QED) is 0.419. The SMILES string of the molecule is CCc1ccccc1N(C(C)=O)c1nc(COc2ccc([N+](=O)[O-])cc2)cs1. The molecule has 0 aliphatic rings. The first-order valence-corrected chi connectivity index (χ1v) is 9.57. The number of rotatable bonds is 7. The molecule has 0 saturated carbocycles. The van der Waals surface area contributed by atoms with E-state index >= 15 is 0 Å². The van der Waals surface area contributed by atoms with Crippen molar-refractivity contribution in [3.8, 4) is 5.75 Å². The second-order valence-electron chi connectivity index (χ2n) is 6.00. The molecule has 1 aromatic heterocycles. The highest BCUT2D eigenvalue weighted by Crippen LogP contribution is 2.32. The van der Waals surface area contributed by atoms with Gasteiger partial charge in [-0.15, -0.1) is 11.3 Å². The Bertz CT molecular complexity index is 985. The van der Waals surface area contributed by atoms with Gasteiger partial charge in [-0.05, 0) is 30.2 Å². The molecule has 28 heavy (non-hydrogen) atoms. The number of nitrogens with zero attached hydrogens (tertiary/aromatic N) is 3. The predicted molar refractivity (Wildman–Crippen MR) is 108 cm³/mol. The van der Waals surface area contributed by atoms with E-state index in [0.29, 0.717) is 16.6 Å². The van der Waals surface area contributed by atoms with Crippen LogP contribution in [0.25, 0.3) is 0 Å². The van der Waals surface area contributed by atoms with Gasteiger partial charge in [0, 0.05) is 24.4 Å². The summed E-state index contributed by atoms with van der Waals surface area (Å²) in [5.74, 6) is 0.401. The largest absolute Gasteiger partial charge is 0.487 e. The summed E-state index contributed by atoms with van der Waals surface area (Å²) in [5, 5.41) is 13.1. The first-order valence-electron chi connectivity index (χ1n) is 8.70. The van der Waals surface area contributed by atoms with Gasteiger partial charge in [-0.2, -0.15) is 0 Å². The van der Waals surface area contributed by atoms with Crippen molar-refractivity contribution in [3.05, 3.63) is 75.3 Å². The average molecular weight is 397 g/mol. The van der Waals surface area contributed by atoms with Gasteiger partial charge in [0.25, 0.3) is 5.69 Å². The van der Waals surface area contributed by atoms with Gasteiger partial charge in [-0.3, -0.25) is 19.8 Å². The van der Waals surface area contributed by atoms with E-state index < -0.39 is 4.92 Å². The van der Waals surface area contributed by atoms with E-state index in [1.807, 2.05) is 36.6 Å². The smallest absolute Gasteiger partial charge is 0.269 e. The summed E-state index contributed by atoms with van der Waals surface area (Å²) < 4.78 is 5.65. The van der Waals surface area contributed by atoms with E-state index in [9.17, 15) is 14.9 Å². The third-order valence-electron chi connectivity index (χ3n) is 4.09. The van der Waals surface area contributed by atoms with Crippen molar-refractivity contribution >= 4 is 33.8 Å². The van der Waals surface area contributed by atoms with Crippen molar-refractivity contribution in [3.63, 3.8) is 0 Å². The number of amides is 1. The zero-order chi connectivity index (χ0) is 20.1. The number of anilines is 2. The molecule has 7 nitrogen and oxygen atoms in total. The molecule has 0 aliphatic heterocycles. The van der Waals surface area contributed by atoms with Crippen LogP contribution in [0.15, 0.2) is 53.9 Å². The van der Waals surface area contributed by atoms with E-state index in [0.717, 1.165) is 17.7 Å². The molecule has 1 heterocycles. The predicted octanol–water partition coefficient (Wildman–Crippen LogP) is 4.88. The Labute approximate surface area is 166 Å². The molecule has 3 rings (SSSR count). The molecular formula is C20H19N3O4S. The number of aryl methyl sites for hydroxylation is 1. The number of nitro benzene ring substituents is 1. The monoisotopic (exact) mass is 397 g/mol.